The molecule has 0 aromatic heterocycles. The van der Waals surface area contributed by atoms with Gasteiger partial charge in [-0.2, -0.15) is 0 Å². The molecule has 0 nitrogen and oxygen atoms in total. The summed E-state index contributed by atoms with van der Waals surface area (Å²) in [6, 6.07) is 0. The van der Waals surface area contributed by atoms with Gasteiger partial charge in [-0.3, -0.25) is 0 Å². The summed E-state index contributed by atoms with van der Waals surface area (Å²) in [7, 11) is 1.00. The van der Waals surface area contributed by atoms with Crippen LogP contribution in [0.3, 0.4) is 0 Å². The number of hydrogen-bond acceptors (Lipinski definition) is 0. The van der Waals surface area contributed by atoms with Gasteiger partial charge in [0.05, 0.1) is 0 Å². The van der Waals surface area contributed by atoms with E-state index in [1.54, 1.807) is 0 Å². The zero-order valence-electron chi connectivity index (χ0n) is 1.17. The predicted octanol–water partition coefficient (Wildman–Crippen LogP) is -0.128. The van der Waals surface area contributed by atoms with Gasteiger partial charge in [-0.05, 0) is 0 Å². The molecule has 0 aromatic rings. The van der Waals surface area contributed by atoms with Crippen LogP contribution in [0.15, 0.2) is 0 Å². The van der Waals surface area contributed by atoms with Crippen molar-refractivity contribution in [2.24, 2.45) is 0 Å². The Kier molecular flexibility index (Phi) is 20.1. The van der Waals surface area contributed by atoms with E-state index in [0.29, 0.717) is 0 Å². The van der Waals surface area contributed by atoms with E-state index in [9.17, 15) is 0 Å². The molecule has 0 unspecified atom stereocenters. The first-order valence-corrected chi connectivity index (χ1v) is 6.18. The van der Waals surface area contributed by atoms with Crippen LogP contribution in [-0.4, -0.2) is 27.3 Å². The molecule has 0 saturated heterocycles. The van der Waals surface area contributed by atoms with E-state index in [-0.39, 0.29) is 7.43 Å². The first-order valence-electron chi connectivity index (χ1n) is 0.289. The molecule has 0 radical (unpaired) electrons. The summed E-state index contributed by atoms with van der Waals surface area (Å²) in [6.07, 6.45) is 0. The third-order valence-electron chi connectivity index (χ3n) is 0. The minimum atomic E-state index is 0. The second-order valence-electron chi connectivity index (χ2n) is 0.0589. The van der Waals surface area contributed by atoms with Crippen molar-refractivity contribution in [2.75, 3.05) is 0 Å². The normalized spacial score (nSPS) is 4.00. The van der Waals surface area contributed by atoms with Crippen LogP contribution in [0.25, 0.3) is 0 Å². The van der Waals surface area contributed by atoms with Crippen molar-refractivity contribution >= 4 is 27.3 Å². The molecule has 0 atom stereocenters. The molecule has 3 heteroatoms. The van der Waals surface area contributed by atoms with Crippen LogP contribution in [0.4, 0.5) is 0 Å². The zero-order valence-corrected chi connectivity index (χ0v) is 5.70. The van der Waals surface area contributed by atoms with Crippen molar-refractivity contribution in [1.82, 2.24) is 0 Å². The Morgan fingerprint density at radius 2 is 1.25 bits per heavy atom. The van der Waals surface area contributed by atoms with E-state index in [2.05, 4.69) is 27.3 Å². The molecule has 0 amide bonds. The Labute approximate surface area is 44.9 Å². The maximum atomic E-state index is 2.75. The summed E-state index contributed by atoms with van der Waals surface area (Å²) in [4.78, 5) is 0. The molecular formula is CH4FeSe2. The van der Waals surface area contributed by atoms with Crippen molar-refractivity contribution in [3.8, 4) is 0 Å². The molecular weight excluding hydrogens is 226 g/mol. The molecule has 0 saturated carbocycles. The Hall–Kier alpha value is 1.56. The van der Waals surface area contributed by atoms with E-state index in [1.165, 1.54) is 0 Å². The molecule has 0 aliphatic rings. The topological polar surface area (TPSA) is 0 Å². The second kappa shape index (κ2) is 8.82. The fraction of sp³-hybridized carbons (Fsp3) is 1.00. The van der Waals surface area contributed by atoms with E-state index in [1.807, 2.05) is 0 Å². The van der Waals surface area contributed by atoms with Crippen LogP contribution in [0.1, 0.15) is 7.43 Å². The monoisotopic (exact) mass is 232 g/mol. The van der Waals surface area contributed by atoms with Gasteiger partial charge in [0.15, 0.2) is 0 Å². The number of rotatable bonds is 0. The molecule has 0 aliphatic carbocycles. The van der Waals surface area contributed by atoms with Gasteiger partial charge in [0.25, 0.3) is 0 Å². The summed E-state index contributed by atoms with van der Waals surface area (Å²) in [5.41, 5.74) is 0. The average Bonchev–Trinajstić information content (AvgIpc) is 0.918. The molecule has 0 rings (SSSR count). The van der Waals surface area contributed by atoms with Crippen molar-refractivity contribution in [3.63, 3.8) is 0 Å². The molecule has 0 fully saturated rings. The van der Waals surface area contributed by atoms with Crippen molar-refractivity contribution in [1.29, 1.82) is 0 Å². The second-order valence-corrected chi connectivity index (χ2v) is 6.56. The van der Waals surface area contributed by atoms with E-state index >= 15 is 0 Å². The summed E-state index contributed by atoms with van der Waals surface area (Å²) in [6.45, 7) is 0. The van der Waals surface area contributed by atoms with Crippen LogP contribution in [0, 0.1) is 0 Å². The Bertz CT molecular complexity index is 27.0. The predicted molar refractivity (Wildman–Crippen MR) is 18.2 cm³/mol. The summed E-state index contributed by atoms with van der Waals surface area (Å²) < 4.78 is 0. The number of hydrogen-bond donors (Lipinski definition) is 0. The van der Waals surface area contributed by atoms with Gasteiger partial charge in [-0.1, -0.05) is 7.43 Å². The van der Waals surface area contributed by atoms with Crippen LogP contribution < -0.4 is 0 Å². The SMILES string of the molecule is C.[Se]=[Fe]=[Se]. The van der Waals surface area contributed by atoms with Gasteiger partial charge < -0.3 is 0 Å². The first-order chi connectivity index (χ1) is 1.41. The summed E-state index contributed by atoms with van der Waals surface area (Å²) in [5.74, 6) is 0. The van der Waals surface area contributed by atoms with Crippen molar-refractivity contribution < 1.29 is 10.2 Å². The molecule has 28 valence electrons. The summed E-state index contributed by atoms with van der Waals surface area (Å²) in [5, 5.41) is 0. The molecule has 4 heavy (non-hydrogen) atoms. The van der Waals surface area contributed by atoms with Crippen molar-refractivity contribution in [3.05, 3.63) is 0 Å². The standard InChI is InChI=1S/CH4.Fe.2Se/h1H4;;;. The van der Waals surface area contributed by atoms with E-state index in [0.717, 1.165) is 10.2 Å². The van der Waals surface area contributed by atoms with Gasteiger partial charge in [0, 0.05) is 0 Å². The van der Waals surface area contributed by atoms with Crippen LogP contribution in [-0.2, 0) is 10.2 Å². The van der Waals surface area contributed by atoms with Crippen molar-refractivity contribution in [2.45, 2.75) is 7.43 Å². The van der Waals surface area contributed by atoms with Gasteiger partial charge >= 0.3 is 37.5 Å². The van der Waals surface area contributed by atoms with Gasteiger partial charge in [-0.25, -0.2) is 0 Å². The molecule has 0 spiro atoms. The van der Waals surface area contributed by atoms with Crippen LogP contribution in [0.5, 0.6) is 0 Å². The van der Waals surface area contributed by atoms with E-state index < -0.39 is 0 Å². The van der Waals surface area contributed by atoms with Crippen LogP contribution in [0.2, 0.25) is 0 Å². The fourth-order valence-corrected chi connectivity index (χ4v) is 0. The van der Waals surface area contributed by atoms with Crippen LogP contribution >= 0.6 is 0 Å². The van der Waals surface area contributed by atoms with Gasteiger partial charge in [0.2, 0.25) is 0 Å². The zero-order chi connectivity index (χ0) is 2.71. The van der Waals surface area contributed by atoms with Gasteiger partial charge in [0.1, 0.15) is 0 Å². The quantitative estimate of drug-likeness (QED) is 0.508. The summed E-state index contributed by atoms with van der Waals surface area (Å²) >= 11 is 5.50. The average molecular weight is 230 g/mol. The molecule has 0 bridgehead atoms. The minimum absolute atomic E-state index is 0. The van der Waals surface area contributed by atoms with E-state index in [4.69, 9.17) is 0 Å². The third-order valence-corrected chi connectivity index (χ3v) is 0. The Balaban J connectivity index is 0. The third kappa shape index (κ3) is 9.59. The maximum absolute atomic E-state index is 2.75. The first kappa shape index (κ1) is 9.12. The molecule has 0 aromatic carbocycles. The van der Waals surface area contributed by atoms with Gasteiger partial charge in [-0.15, -0.1) is 0 Å². The molecule has 0 heterocycles. The molecule has 0 N–H and O–H groups in total. The molecule has 0 aliphatic heterocycles. The Morgan fingerprint density at radius 3 is 1.25 bits per heavy atom. The Morgan fingerprint density at radius 1 is 1.25 bits per heavy atom. The fourth-order valence-electron chi connectivity index (χ4n) is 0.